The maximum absolute atomic E-state index is 5.68. The number of hydrogen-bond acceptors (Lipinski definition) is 6. The van der Waals surface area contributed by atoms with E-state index in [9.17, 15) is 0 Å². The SMILES string of the molecule is CCCc1ccc(CCC(C)(C)CCN2CCN(Cc3ccc(OC)c(OC)c3OC)CC2)s1. The Bertz CT molecular complexity index is 888. The molecular formula is C28H44N2O3S. The Balaban J connectivity index is 1.44. The van der Waals surface area contributed by atoms with Gasteiger partial charge in [-0.05, 0) is 55.8 Å². The van der Waals surface area contributed by atoms with E-state index in [2.05, 4.69) is 48.8 Å². The Morgan fingerprint density at radius 2 is 1.44 bits per heavy atom. The minimum Gasteiger partial charge on any atom is -0.493 e. The van der Waals surface area contributed by atoms with Gasteiger partial charge in [-0.1, -0.05) is 33.3 Å². The summed E-state index contributed by atoms with van der Waals surface area (Å²) in [7, 11) is 5.01. The van der Waals surface area contributed by atoms with E-state index in [1.165, 1.54) is 38.6 Å². The lowest BCUT2D eigenvalue weighted by Gasteiger charge is -2.36. The molecule has 1 saturated heterocycles. The largest absolute Gasteiger partial charge is 0.493 e. The van der Waals surface area contributed by atoms with Gasteiger partial charge in [0.15, 0.2) is 11.5 Å². The smallest absolute Gasteiger partial charge is 0.203 e. The summed E-state index contributed by atoms with van der Waals surface area (Å²) in [6.07, 6.45) is 6.18. The summed E-state index contributed by atoms with van der Waals surface area (Å²) in [4.78, 5) is 8.24. The van der Waals surface area contributed by atoms with Gasteiger partial charge in [0.05, 0.1) is 21.3 Å². The van der Waals surface area contributed by atoms with Crippen LogP contribution in [-0.4, -0.2) is 63.9 Å². The molecule has 1 fully saturated rings. The van der Waals surface area contributed by atoms with Crippen molar-refractivity contribution in [3.8, 4) is 17.2 Å². The molecule has 2 aromatic rings. The zero-order valence-corrected chi connectivity index (χ0v) is 22.9. The van der Waals surface area contributed by atoms with Gasteiger partial charge in [-0.3, -0.25) is 4.90 Å². The highest BCUT2D eigenvalue weighted by molar-refractivity contribution is 7.11. The molecule has 1 aromatic heterocycles. The third kappa shape index (κ3) is 7.37. The molecule has 0 bridgehead atoms. The quantitative estimate of drug-likeness (QED) is 0.351. The second kappa shape index (κ2) is 12.8. The van der Waals surface area contributed by atoms with Gasteiger partial charge in [0.1, 0.15) is 0 Å². The minimum atomic E-state index is 0.374. The van der Waals surface area contributed by atoms with Crippen LogP contribution in [0.3, 0.4) is 0 Å². The maximum atomic E-state index is 5.68. The normalized spacial score (nSPS) is 15.5. The van der Waals surface area contributed by atoms with Gasteiger partial charge in [0.2, 0.25) is 5.75 Å². The first kappa shape index (κ1) is 26.8. The molecule has 1 aliphatic heterocycles. The van der Waals surface area contributed by atoms with E-state index in [0.717, 1.165) is 44.0 Å². The van der Waals surface area contributed by atoms with Crippen molar-refractivity contribution in [1.29, 1.82) is 0 Å². The summed E-state index contributed by atoms with van der Waals surface area (Å²) in [6.45, 7) is 13.6. The monoisotopic (exact) mass is 488 g/mol. The first-order valence-electron chi connectivity index (χ1n) is 12.7. The molecule has 1 aromatic carbocycles. The highest BCUT2D eigenvalue weighted by Gasteiger charge is 2.24. The zero-order valence-electron chi connectivity index (χ0n) is 22.1. The lowest BCUT2D eigenvalue weighted by Crippen LogP contribution is -2.46. The second-order valence-electron chi connectivity index (χ2n) is 10.1. The summed E-state index contributed by atoms with van der Waals surface area (Å²) in [5.41, 5.74) is 1.52. The highest BCUT2D eigenvalue weighted by atomic mass is 32.1. The number of thiophene rings is 1. The van der Waals surface area contributed by atoms with Crippen LogP contribution < -0.4 is 14.2 Å². The van der Waals surface area contributed by atoms with Crippen LogP contribution in [-0.2, 0) is 19.4 Å². The molecule has 0 N–H and O–H groups in total. The average molecular weight is 489 g/mol. The molecule has 34 heavy (non-hydrogen) atoms. The molecule has 6 heteroatoms. The first-order valence-corrected chi connectivity index (χ1v) is 13.5. The fraction of sp³-hybridized carbons (Fsp3) is 0.643. The van der Waals surface area contributed by atoms with E-state index in [4.69, 9.17) is 14.2 Å². The van der Waals surface area contributed by atoms with Crippen LogP contribution in [0.4, 0.5) is 0 Å². The van der Waals surface area contributed by atoms with Crippen molar-refractivity contribution in [3.05, 3.63) is 39.6 Å². The number of hydrogen-bond donors (Lipinski definition) is 0. The van der Waals surface area contributed by atoms with Crippen molar-refractivity contribution >= 4 is 11.3 Å². The molecule has 0 spiro atoms. The molecule has 0 radical (unpaired) electrons. The topological polar surface area (TPSA) is 34.2 Å². The van der Waals surface area contributed by atoms with E-state index < -0.39 is 0 Å². The summed E-state index contributed by atoms with van der Waals surface area (Å²) in [5.74, 6) is 2.15. The molecular weight excluding hydrogens is 444 g/mol. The van der Waals surface area contributed by atoms with Gasteiger partial charge in [0.25, 0.3) is 0 Å². The molecule has 0 amide bonds. The van der Waals surface area contributed by atoms with Crippen LogP contribution in [0.5, 0.6) is 17.2 Å². The summed E-state index contributed by atoms with van der Waals surface area (Å²) in [6, 6.07) is 8.73. The third-order valence-electron chi connectivity index (χ3n) is 7.01. The van der Waals surface area contributed by atoms with E-state index in [-0.39, 0.29) is 0 Å². The lowest BCUT2D eigenvalue weighted by molar-refractivity contribution is 0.112. The Labute approximate surface area is 211 Å². The number of piperazine rings is 1. The van der Waals surface area contributed by atoms with Gasteiger partial charge in [0, 0.05) is 48.0 Å². The molecule has 5 nitrogen and oxygen atoms in total. The summed E-state index contributed by atoms with van der Waals surface area (Å²) < 4.78 is 16.6. The number of aryl methyl sites for hydroxylation is 2. The van der Waals surface area contributed by atoms with Crippen molar-refractivity contribution in [2.75, 3.05) is 54.1 Å². The van der Waals surface area contributed by atoms with Gasteiger partial charge in [-0.15, -0.1) is 11.3 Å². The number of methoxy groups -OCH3 is 3. The average Bonchev–Trinajstić information content (AvgIpc) is 3.30. The molecule has 1 aliphatic rings. The fourth-order valence-electron chi connectivity index (χ4n) is 4.68. The van der Waals surface area contributed by atoms with Gasteiger partial charge in [-0.25, -0.2) is 0 Å². The number of benzene rings is 1. The Kier molecular flexibility index (Phi) is 10.1. The summed E-state index contributed by atoms with van der Waals surface area (Å²) >= 11 is 2.01. The van der Waals surface area contributed by atoms with Crippen molar-refractivity contribution < 1.29 is 14.2 Å². The van der Waals surface area contributed by atoms with Gasteiger partial charge in [-0.2, -0.15) is 0 Å². The van der Waals surface area contributed by atoms with Crippen LogP contribution in [0.2, 0.25) is 0 Å². The molecule has 0 saturated carbocycles. The van der Waals surface area contributed by atoms with Crippen LogP contribution in [0.1, 0.15) is 55.4 Å². The van der Waals surface area contributed by atoms with Crippen molar-refractivity contribution in [3.63, 3.8) is 0 Å². The third-order valence-corrected chi connectivity index (χ3v) is 8.22. The minimum absolute atomic E-state index is 0.374. The standard InChI is InChI=1S/C28H44N2O3S/c1-7-8-23-10-11-24(34-23)13-14-28(2,3)15-16-29-17-19-30(20-18-29)21-22-9-12-25(31-4)27(33-6)26(22)32-5/h9-12H,7-8,13-21H2,1-6H3. The molecule has 3 rings (SSSR count). The zero-order chi connectivity index (χ0) is 24.6. The van der Waals surface area contributed by atoms with E-state index in [1.807, 2.05) is 17.4 Å². The Morgan fingerprint density at radius 3 is 2.06 bits per heavy atom. The number of ether oxygens (including phenoxy) is 3. The number of rotatable bonds is 13. The highest BCUT2D eigenvalue weighted by Crippen LogP contribution is 2.40. The van der Waals surface area contributed by atoms with Crippen molar-refractivity contribution in [1.82, 2.24) is 9.80 Å². The second-order valence-corrected chi connectivity index (χ2v) is 11.4. The predicted molar refractivity (Wildman–Crippen MR) is 143 cm³/mol. The first-order chi connectivity index (χ1) is 16.4. The lowest BCUT2D eigenvalue weighted by atomic mass is 9.84. The molecule has 0 atom stereocenters. The Morgan fingerprint density at radius 1 is 0.794 bits per heavy atom. The van der Waals surface area contributed by atoms with Crippen LogP contribution in [0.25, 0.3) is 0 Å². The van der Waals surface area contributed by atoms with Crippen molar-refractivity contribution in [2.45, 2.75) is 59.4 Å². The van der Waals surface area contributed by atoms with Crippen LogP contribution in [0, 0.1) is 5.41 Å². The molecule has 2 heterocycles. The van der Waals surface area contributed by atoms with Crippen molar-refractivity contribution in [2.24, 2.45) is 5.41 Å². The van der Waals surface area contributed by atoms with Gasteiger partial charge >= 0.3 is 0 Å². The maximum Gasteiger partial charge on any atom is 0.203 e. The Hall–Kier alpha value is -1.76. The molecule has 0 aliphatic carbocycles. The van der Waals surface area contributed by atoms with Crippen LogP contribution >= 0.6 is 11.3 Å². The number of nitrogens with zero attached hydrogens (tertiary/aromatic N) is 2. The predicted octanol–water partition coefficient (Wildman–Crippen LogP) is 5.89. The van der Waals surface area contributed by atoms with Gasteiger partial charge < -0.3 is 19.1 Å². The fourth-order valence-corrected chi connectivity index (χ4v) is 5.80. The van der Waals surface area contributed by atoms with E-state index in [0.29, 0.717) is 16.9 Å². The van der Waals surface area contributed by atoms with E-state index >= 15 is 0 Å². The molecule has 190 valence electrons. The molecule has 0 unspecified atom stereocenters. The van der Waals surface area contributed by atoms with Crippen LogP contribution in [0.15, 0.2) is 24.3 Å². The summed E-state index contributed by atoms with van der Waals surface area (Å²) in [5, 5.41) is 0. The van der Waals surface area contributed by atoms with E-state index in [1.54, 1.807) is 31.1 Å².